The number of rotatable bonds is 4. The summed E-state index contributed by atoms with van der Waals surface area (Å²) in [5.41, 5.74) is 6.85. The molecular formula is C12H11IN2OS. The molecule has 1 amide bonds. The van der Waals surface area contributed by atoms with Crippen LogP contribution in [0.25, 0.3) is 0 Å². The highest BCUT2D eigenvalue weighted by Gasteiger charge is 2.04. The van der Waals surface area contributed by atoms with Gasteiger partial charge in [-0.1, -0.05) is 6.07 Å². The average Bonchev–Trinajstić information content (AvgIpc) is 2.75. The van der Waals surface area contributed by atoms with Gasteiger partial charge in [0.25, 0.3) is 0 Å². The molecule has 1 heterocycles. The van der Waals surface area contributed by atoms with Crippen molar-refractivity contribution in [2.75, 3.05) is 5.32 Å². The number of primary amides is 1. The number of hydrogen-bond donors (Lipinski definition) is 2. The summed E-state index contributed by atoms with van der Waals surface area (Å²) in [4.78, 5) is 12.0. The van der Waals surface area contributed by atoms with Crippen LogP contribution in [0.2, 0.25) is 0 Å². The van der Waals surface area contributed by atoms with Gasteiger partial charge in [0.05, 0.1) is 5.56 Å². The number of anilines is 1. The van der Waals surface area contributed by atoms with Crippen molar-refractivity contribution in [1.82, 2.24) is 0 Å². The smallest absolute Gasteiger partial charge is 0.249 e. The second-order valence-electron chi connectivity index (χ2n) is 3.53. The fraction of sp³-hybridized carbons (Fsp3) is 0.0833. The Balaban J connectivity index is 2.00. The molecule has 1 aromatic carbocycles. The summed E-state index contributed by atoms with van der Waals surface area (Å²) < 4.78 is 1.19. The van der Waals surface area contributed by atoms with Crippen molar-refractivity contribution in [3.05, 3.63) is 49.7 Å². The summed E-state index contributed by atoms with van der Waals surface area (Å²) in [6, 6.07) is 9.97. The van der Waals surface area contributed by atoms with E-state index < -0.39 is 0 Å². The molecule has 3 N–H and O–H groups in total. The topological polar surface area (TPSA) is 55.1 Å². The lowest BCUT2D eigenvalue weighted by atomic mass is 10.3. The zero-order valence-electron chi connectivity index (χ0n) is 8.94. The highest BCUT2D eigenvalue weighted by Crippen LogP contribution is 2.17. The molecule has 0 aliphatic heterocycles. The van der Waals surface area contributed by atoms with Crippen LogP contribution >= 0.6 is 33.9 Å². The Kier molecular flexibility index (Phi) is 4.01. The van der Waals surface area contributed by atoms with E-state index in [1.807, 2.05) is 24.3 Å². The number of nitrogens with one attached hydrogen (secondary N) is 1. The maximum absolute atomic E-state index is 10.9. The van der Waals surface area contributed by atoms with Crippen molar-refractivity contribution in [1.29, 1.82) is 0 Å². The van der Waals surface area contributed by atoms with Crippen LogP contribution in [-0.2, 0) is 6.54 Å². The lowest BCUT2D eigenvalue weighted by molar-refractivity contribution is 0.100. The third kappa shape index (κ3) is 3.44. The molecule has 0 radical (unpaired) electrons. The number of carbonyl (C=O) groups excluding carboxylic acids is 1. The van der Waals surface area contributed by atoms with Crippen LogP contribution in [-0.4, -0.2) is 5.91 Å². The van der Waals surface area contributed by atoms with E-state index in [0.29, 0.717) is 12.1 Å². The van der Waals surface area contributed by atoms with E-state index in [1.54, 1.807) is 5.38 Å². The molecule has 0 spiro atoms. The summed E-state index contributed by atoms with van der Waals surface area (Å²) in [6.45, 7) is 0.706. The molecule has 17 heavy (non-hydrogen) atoms. The third-order valence-corrected chi connectivity index (χ3v) is 3.84. The third-order valence-electron chi connectivity index (χ3n) is 2.23. The number of benzene rings is 1. The Hall–Kier alpha value is -1.08. The largest absolute Gasteiger partial charge is 0.380 e. The number of hydrogen-bond acceptors (Lipinski definition) is 3. The second-order valence-corrected chi connectivity index (χ2v) is 5.77. The fourth-order valence-electron chi connectivity index (χ4n) is 1.39. The van der Waals surface area contributed by atoms with Gasteiger partial charge in [-0.2, -0.15) is 0 Å². The molecule has 5 heteroatoms. The molecule has 3 nitrogen and oxygen atoms in total. The Bertz CT molecular complexity index is 539. The van der Waals surface area contributed by atoms with E-state index in [0.717, 1.165) is 10.6 Å². The first-order valence-corrected chi connectivity index (χ1v) is 6.97. The van der Waals surface area contributed by atoms with E-state index in [2.05, 4.69) is 34.0 Å². The highest BCUT2D eigenvalue weighted by atomic mass is 127. The molecule has 0 aliphatic rings. The van der Waals surface area contributed by atoms with Gasteiger partial charge in [-0.15, -0.1) is 11.3 Å². The molecule has 0 atom stereocenters. The Labute approximate surface area is 117 Å². The van der Waals surface area contributed by atoms with Crippen molar-refractivity contribution >= 4 is 45.5 Å². The summed E-state index contributed by atoms with van der Waals surface area (Å²) >= 11 is 3.81. The molecule has 0 unspecified atom stereocenters. The van der Waals surface area contributed by atoms with E-state index in [1.165, 1.54) is 14.9 Å². The van der Waals surface area contributed by atoms with Gasteiger partial charge in [0.1, 0.15) is 0 Å². The van der Waals surface area contributed by atoms with Gasteiger partial charge in [-0.25, -0.2) is 0 Å². The zero-order chi connectivity index (χ0) is 12.3. The maximum atomic E-state index is 10.9. The Morgan fingerprint density at radius 3 is 2.88 bits per heavy atom. The fourth-order valence-corrected chi connectivity index (χ4v) is 2.75. The predicted octanol–water partition coefficient (Wildman–Crippen LogP) is 3.06. The normalized spacial score (nSPS) is 10.2. The van der Waals surface area contributed by atoms with Crippen molar-refractivity contribution < 1.29 is 4.79 Å². The van der Waals surface area contributed by atoms with Gasteiger partial charge < -0.3 is 11.1 Å². The van der Waals surface area contributed by atoms with Crippen molar-refractivity contribution in [3.8, 4) is 0 Å². The van der Waals surface area contributed by atoms with Crippen LogP contribution in [0, 0.1) is 3.57 Å². The van der Waals surface area contributed by atoms with Crippen LogP contribution in [0.1, 0.15) is 15.2 Å². The number of halogens is 1. The highest BCUT2D eigenvalue weighted by molar-refractivity contribution is 14.1. The van der Waals surface area contributed by atoms with Gasteiger partial charge in [0.2, 0.25) is 5.91 Å². The summed E-state index contributed by atoms with van der Waals surface area (Å²) in [7, 11) is 0. The predicted molar refractivity (Wildman–Crippen MR) is 79.3 cm³/mol. The maximum Gasteiger partial charge on any atom is 0.249 e. The minimum atomic E-state index is -0.373. The molecule has 2 rings (SSSR count). The molecule has 0 aliphatic carbocycles. The van der Waals surface area contributed by atoms with Crippen molar-refractivity contribution in [2.45, 2.75) is 6.54 Å². The summed E-state index contributed by atoms with van der Waals surface area (Å²) in [5, 5.41) is 5.09. The number of amides is 1. The quantitative estimate of drug-likeness (QED) is 0.826. The monoisotopic (exact) mass is 358 g/mol. The zero-order valence-corrected chi connectivity index (χ0v) is 11.9. The first-order valence-electron chi connectivity index (χ1n) is 5.02. The Morgan fingerprint density at radius 2 is 2.24 bits per heavy atom. The van der Waals surface area contributed by atoms with Crippen molar-refractivity contribution in [3.63, 3.8) is 0 Å². The number of nitrogens with two attached hydrogens (primary N) is 1. The van der Waals surface area contributed by atoms with E-state index in [4.69, 9.17) is 5.73 Å². The SMILES string of the molecule is NC(=O)c1csc(CNc2cccc(I)c2)c1. The minimum absolute atomic E-state index is 0.373. The molecular weight excluding hydrogens is 347 g/mol. The van der Waals surface area contributed by atoms with Gasteiger partial charge in [-0.05, 0) is 46.9 Å². The van der Waals surface area contributed by atoms with E-state index >= 15 is 0 Å². The Morgan fingerprint density at radius 1 is 1.41 bits per heavy atom. The molecule has 0 saturated heterocycles. The van der Waals surface area contributed by atoms with E-state index in [-0.39, 0.29) is 5.91 Å². The van der Waals surface area contributed by atoms with Crippen LogP contribution in [0.3, 0.4) is 0 Å². The van der Waals surface area contributed by atoms with Crippen LogP contribution in [0.15, 0.2) is 35.7 Å². The average molecular weight is 358 g/mol. The van der Waals surface area contributed by atoms with E-state index in [9.17, 15) is 4.79 Å². The summed E-state index contributed by atoms with van der Waals surface area (Å²) in [6.07, 6.45) is 0. The molecule has 0 bridgehead atoms. The molecule has 0 fully saturated rings. The van der Waals surface area contributed by atoms with Crippen molar-refractivity contribution in [2.24, 2.45) is 5.73 Å². The molecule has 88 valence electrons. The number of carbonyl (C=O) groups is 1. The molecule has 1 aromatic heterocycles. The standard InChI is InChI=1S/C12H11IN2OS/c13-9-2-1-3-10(5-9)15-6-11-4-8(7-17-11)12(14)16/h1-5,7,15H,6H2,(H2,14,16). The van der Waals surface area contributed by atoms with Gasteiger partial charge in [-0.3, -0.25) is 4.79 Å². The van der Waals surface area contributed by atoms with Gasteiger partial charge in [0, 0.05) is 26.1 Å². The van der Waals surface area contributed by atoms with Crippen LogP contribution in [0.5, 0.6) is 0 Å². The van der Waals surface area contributed by atoms with Crippen LogP contribution < -0.4 is 11.1 Å². The van der Waals surface area contributed by atoms with Gasteiger partial charge >= 0.3 is 0 Å². The second kappa shape index (κ2) is 5.50. The molecule has 0 saturated carbocycles. The molecule has 2 aromatic rings. The van der Waals surface area contributed by atoms with Gasteiger partial charge in [0.15, 0.2) is 0 Å². The minimum Gasteiger partial charge on any atom is -0.380 e. The first-order chi connectivity index (χ1) is 8.15. The lowest BCUT2D eigenvalue weighted by Gasteiger charge is -2.04. The lowest BCUT2D eigenvalue weighted by Crippen LogP contribution is -2.09. The number of thiophene rings is 1. The first kappa shape index (κ1) is 12.4. The van der Waals surface area contributed by atoms with Crippen LogP contribution in [0.4, 0.5) is 5.69 Å². The summed E-state index contributed by atoms with van der Waals surface area (Å²) in [5.74, 6) is -0.373.